The summed E-state index contributed by atoms with van der Waals surface area (Å²) in [5, 5.41) is 8.52. The van der Waals surface area contributed by atoms with Crippen molar-refractivity contribution >= 4 is 8.53 Å². The van der Waals surface area contributed by atoms with Gasteiger partial charge in [0.1, 0.15) is 0 Å². The van der Waals surface area contributed by atoms with Gasteiger partial charge in [0, 0.05) is 37.2 Å². The summed E-state index contributed by atoms with van der Waals surface area (Å²) < 4.78 is 13.6. The topological polar surface area (TPSA) is 69.3 Å². The average molecular weight is 1100 g/mol. The fraction of sp³-hybridized carbons (Fsp3) is 0.786. The molecule has 0 spiro atoms. The predicted molar refractivity (Wildman–Crippen MR) is 226 cm³/mol. The summed E-state index contributed by atoms with van der Waals surface area (Å²) in [6.07, 6.45) is 32.1. The fourth-order valence-corrected chi connectivity index (χ4v) is 6.30. The Morgan fingerprint density at radius 1 is 0.642 bits per heavy atom. The van der Waals surface area contributed by atoms with Crippen LogP contribution in [0.5, 0.6) is 0 Å². The first-order valence-corrected chi connectivity index (χ1v) is 19.7. The third-order valence-corrected chi connectivity index (χ3v) is 8.75. The van der Waals surface area contributed by atoms with Crippen molar-refractivity contribution in [2.75, 3.05) is 19.8 Å². The Morgan fingerprint density at radius 2 is 0.887 bits per heavy atom. The van der Waals surface area contributed by atoms with Crippen LogP contribution in [0.15, 0.2) is 0 Å². The number of hydrogen-bond donors (Lipinski definition) is 0. The summed E-state index contributed by atoms with van der Waals surface area (Å²) in [6, 6.07) is 2.78. The van der Waals surface area contributed by atoms with Crippen LogP contribution < -0.4 is 0 Å². The summed E-state index contributed by atoms with van der Waals surface area (Å²) in [5.74, 6) is 0. The molecule has 1 unspecified atom stereocenters. The van der Waals surface area contributed by atoms with Gasteiger partial charge in [-0.15, -0.1) is 0 Å². The van der Waals surface area contributed by atoms with E-state index in [1.165, 1.54) is 116 Å². The molecule has 0 amide bonds. The molecular formula is C42H91Fe2N3O2PV2W-. The van der Waals surface area contributed by atoms with Crippen molar-refractivity contribution in [1.29, 1.82) is 5.26 Å². The van der Waals surface area contributed by atoms with Crippen LogP contribution in [-0.2, 0) is 101 Å². The summed E-state index contributed by atoms with van der Waals surface area (Å²) >= 11 is 0. The fourth-order valence-electron chi connectivity index (χ4n) is 4.67. The van der Waals surface area contributed by atoms with Crippen LogP contribution in [-0.4, -0.2) is 36.5 Å². The van der Waals surface area contributed by atoms with Gasteiger partial charge in [-0.05, 0) is 27.7 Å². The van der Waals surface area contributed by atoms with E-state index in [0.29, 0.717) is 31.7 Å². The first-order chi connectivity index (χ1) is 21.5. The Hall–Kier alpha value is 2.66. The van der Waals surface area contributed by atoms with Gasteiger partial charge in [0.05, 0.1) is 19.1 Å². The number of nitrogens with zero attached hydrogens (tertiary/aromatic N) is 2. The van der Waals surface area contributed by atoms with Crippen molar-refractivity contribution in [3.05, 3.63) is 62.1 Å². The van der Waals surface area contributed by atoms with Crippen molar-refractivity contribution in [2.45, 2.75) is 196 Å². The van der Waals surface area contributed by atoms with Crippen molar-refractivity contribution in [3.8, 4) is 6.07 Å². The van der Waals surface area contributed by atoms with Crippen LogP contribution in [0.25, 0.3) is 5.73 Å². The maximum Gasteiger partial charge on any atom is 2.00 e. The summed E-state index contributed by atoms with van der Waals surface area (Å²) in [6.45, 7) is 24.7. The monoisotopic (exact) mass is 1100 g/mol. The van der Waals surface area contributed by atoms with Gasteiger partial charge in [-0.3, -0.25) is 6.54 Å². The molecule has 0 saturated heterocycles. The minimum absolute atomic E-state index is 0. The molecule has 0 aliphatic heterocycles. The molecule has 4 saturated carbocycles. The third-order valence-electron chi connectivity index (χ3n) is 6.64. The molecule has 53 heavy (non-hydrogen) atoms. The molecule has 0 aromatic heterocycles. The summed E-state index contributed by atoms with van der Waals surface area (Å²) in [4.78, 5) is 0. The quantitative estimate of drug-likeness (QED) is 0.0998. The van der Waals surface area contributed by atoms with Gasteiger partial charge < -0.3 is 71.2 Å². The second-order valence-electron chi connectivity index (χ2n) is 11.2. The maximum absolute atomic E-state index is 8.52. The molecule has 0 heterocycles. The molecule has 4 aliphatic carbocycles. The van der Waals surface area contributed by atoms with Gasteiger partial charge >= 0.3 is 73.8 Å². The zero-order valence-electron chi connectivity index (χ0n) is 37.2. The third kappa shape index (κ3) is 79.5. The van der Waals surface area contributed by atoms with Crippen LogP contribution in [0, 0.1) is 67.7 Å². The molecule has 5 nitrogen and oxygen atoms in total. The van der Waals surface area contributed by atoms with E-state index in [2.05, 4.69) is 65.1 Å². The van der Waals surface area contributed by atoms with Gasteiger partial charge in [-0.25, -0.2) is 4.67 Å². The smallest absolute Gasteiger partial charge is 0.704 e. The minimum atomic E-state index is -1.08. The molecule has 4 aliphatic rings. The number of nitriles is 1. The largest absolute Gasteiger partial charge is 2.00 e. The molecule has 2 radical (unpaired) electrons. The van der Waals surface area contributed by atoms with Gasteiger partial charge in [-0.1, -0.05) is 118 Å². The number of hydrogen-bond acceptors (Lipinski definition) is 4. The van der Waals surface area contributed by atoms with Crippen LogP contribution in [0.4, 0.5) is 0 Å². The van der Waals surface area contributed by atoms with E-state index in [1.807, 2.05) is 27.7 Å². The first kappa shape index (κ1) is 91.4. The SMILES string of the molecule is C1CCCC1.C1CCCC1.CC.CC.[CH-]1CCCC1.[CH-]1CCCC1.[CH2-]CCOP(OCCC#N)N(C(C)C)C(C)C.[CH2-]C[NH-].[CH3-].[CH3-].[CH3-].[CH3-].[Fe+2].[Fe+2].[V+2].[V].[W+2]. The normalized spacial score (nSPS) is 13.9. The van der Waals surface area contributed by atoms with Gasteiger partial charge in [0.25, 0.3) is 8.53 Å². The molecule has 0 aromatic carbocycles. The summed E-state index contributed by atoms with van der Waals surface area (Å²) in [7, 11) is -1.08. The van der Waals surface area contributed by atoms with E-state index in [-0.39, 0.29) is 129 Å². The van der Waals surface area contributed by atoms with E-state index >= 15 is 0 Å². The van der Waals surface area contributed by atoms with Crippen molar-refractivity contribution < 1.29 is 101 Å². The molecule has 0 bridgehead atoms. The Labute approximate surface area is 400 Å². The van der Waals surface area contributed by atoms with E-state index in [9.17, 15) is 0 Å². The van der Waals surface area contributed by atoms with Crippen LogP contribution in [0.3, 0.4) is 0 Å². The number of rotatable bonds is 9. The Morgan fingerprint density at radius 3 is 1.06 bits per heavy atom. The van der Waals surface area contributed by atoms with Crippen LogP contribution >= 0.6 is 8.53 Å². The van der Waals surface area contributed by atoms with E-state index in [0.717, 1.165) is 6.42 Å². The van der Waals surface area contributed by atoms with Crippen molar-refractivity contribution in [2.24, 2.45) is 0 Å². The zero-order chi connectivity index (χ0) is 34.1. The zero-order valence-corrected chi connectivity index (χ0v) is 46.0. The molecule has 4 fully saturated rings. The molecule has 1 atom stereocenters. The van der Waals surface area contributed by atoms with E-state index < -0.39 is 8.53 Å². The second-order valence-corrected chi connectivity index (χ2v) is 12.6. The van der Waals surface area contributed by atoms with E-state index in [1.54, 1.807) is 0 Å². The Kier molecular flexibility index (Phi) is 149. The van der Waals surface area contributed by atoms with Gasteiger partial charge in [0.2, 0.25) is 0 Å². The Bertz CT molecular complexity index is 453. The molecule has 1 N–H and O–H groups in total. The van der Waals surface area contributed by atoms with Crippen molar-refractivity contribution in [3.63, 3.8) is 0 Å². The van der Waals surface area contributed by atoms with E-state index in [4.69, 9.17) is 20.0 Å². The van der Waals surface area contributed by atoms with Gasteiger partial charge in [0.15, 0.2) is 0 Å². The van der Waals surface area contributed by atoms with Crippen LogP contribution in [0.2, 0.25) is 0 Å². The molecule has 324 valence electrons. The van der Waals surface area contributed by atoms with Crippen LogP contribution in [0.1, 0.15) is 184 Å². The molecule has 0 aromatic rings. The standard InChI is InChI=1S/C12H24N2O2P.2C5H10.2C5H9.C2H5N.2C2H6.4CH3.2Fe.2V.W/c1-6-9-15-17(16-10-7-8-13)14(11(2)3)12(4)5;4*1-2-4-5-3-1;1-2-3;2*1-2;;;;;;;;;/h11-12H,1,6-7,9-10H2,2-5H3;2*1-5H2;2*1H,2-5H2;3H,1-2H2;2*1-2H3;4*1H3;;;;;/q-1;;;2*-1;-2;;;4*-1;2*+2;;2*+2. The first-order valence-electron chi connectivity index (χ1n) is 18.5. The molecule has 11 heteroatoms. The Balaban J connectivity index is -0.0000000342. The molecule has 4 rings (SSSR count). The predicted octanol–water partition coefficient (Wildman–Crippen LogP) is 15.6. The second kappa shape index (κ2) is 86.5. The molecular weight excluding hydrogens is 1010 g/mol. The van der Waals surface area contributed by atoms with Gasteiger partial charge in [-0.2, -0.15) is 37.4 Å². The average Bonchev–Trinajstić information content (AvgIpc) is 3.88. The number of nitrogens with one attached hydrogen (secondary N) is 1. The maximum atomic E-state index is 8.52. The van der Waals surface area contributed by atoms with Crippen molar-refractivity contribution in [1.82, 2.24) is 4.67 Å². The summed E-state index contributed by atoms with van der Waals surface area (Å²) in [5.41, 5.74) is 6.10. The minimum Gasteiger partial charge on any atom is -0.704 e.